The van der Waals surface area contributed by atoms with Crippen LogP contribution in [-0.4, -0.2) is 30.0 Å². The van der Waals surface area contributed by atoms with Crippen molar-refractivity contribution < 1.29 is 9.53 Å². The molecular weight excluding hydrogens is 252 g/mol. The van der Waals surface area contributed by atoms with Gasteiger partial charge in [0.2, 0.25) is 5.91 Å². The summed E-state index contributed by atoms with van der Waals surface area (Å²) in [6.07, 6.45) is 5.38. The minimum absolute atomic E-state index is 0.239. The van der Waals surface area contributed by atoms with Crippen molar-refractivity contribution in [3.8, 4) is 5.75 Å². The van der Waals surface area contributed by atoms with Crippen molar-refractivity contribution in [1.29, 1.82) is 0 Å². The number of hydrogen-bond donors (Lipinski definition) is 1. The van der Waals surface area contributed by atoms with Crippen LogP contribution in [0.25, 0.3) is 0 Å². The van der Waals surface area contributed by atoms with Crippen LogP contribution in [0.4, 0.5) is 5.69 Å². The van der Waals surface area contributed by atoms with E-state index in [4.69, 9.17) is 10.5 Å². The van der Waals surface area contributed by atoms with E-state index in [1.807, 2.05) is 18.2 Å². The van der Waals surface area contributed by atoms with Gasteiger partial charge in [-0.1, -0.05) is 6.07 Å². The molecule has 4 nitrogen and oxygen atoms in total. The second-order valence-electron chi connectivity index (χ2n) is 5.89. The fourth-order valence-corrected chi connectivity index (χ4v) is 2.42. The molecule has 20 heavy (non-hydrogen) atoms. The highest BCUT2D eigenvalue weighted by Crippen LogP contribution is 2.35. The summed E-state index contributed by atoms with van der Waals surface area (Å²) in [6.45, 7) is 1.39. The minimum Gasteiger partial charge on any atom is -0.493 e. The first-order chi connectivity index (χ1) is 9.72. The fourth-order valence-electron chi connectivity index (χ4n) is 2.42. The summed E-state index contributed by atoms with van der Waals surface area (Å²) < 4.78 is 5.60. The molecule has 2 N–H and O–H groups in total. The van der Waals surface area contributed by atoms with Crippen molar-refractivity contribution in [3.05, 3.63) is 24.3 Å². The van der Waals surface area contributed by atoms with Gasteiger partial charge in [0.15, 0.2) is 0 Å². The minimum atomic E-state index is 0.239. The Balaban J connectivity index is 1.45. The number of carbonyl (C=O) groups excluding carboxylic acids is 1. The van der Waals surface area contributed by atoms with E-state index in [-0.39, 0.29) is 5.91 Å². The van der Waals surface area contributed by atoms with E-state index in [2.05, 4.69) is 4.90 Å². The van der Waals surface area contributed by atoms with Gasteiger partial charge in [-0.15, -0.1) is 0 Å². The zero-order valence-corrected chi connectivity index (χ0v) is 11.8. The topological polar surface area (TPSA) is 55.6 Å². The molecule has 0 unspecified atom stereocenters. The van der Waals surface area contributed by atoms with Crippen LogP contribution in [0.1, 0.15) is 32.1 Å². The van der Waals surface area contributed by atoms with Gasteiger partial charge in [-0.3, -0.25) is 4.79 Å². The quantitative estimate of drug-likeness (QED) is 0.777. The maximum Gasteiger partial charge on any atom is 0.226 e. The first-order valence-electron chi connectivity index (χ1n) is 7.50. The van der Waals surface area contributed by atoms with E-state index >= 15 is 0 Å². The highest BCUT2D eigenvalue weighted by molar-refractivity contribution is 5.77. The van der Waals surface area contributed by atoms with Crippen LogP contribution >= 0.6 is 0 Å². The third-order valence-corrected chi connectivity index (χ3v) is 3.90. The van der Waals surface area contributed by atoms with Crippen LogP contribution in [0.15, 0.2) is 24.3 Å². The van der Waals surface area contributed by atoms with Gasteiger partial charge in [-0.25, -0.2) is 0 Å². The summed E-state index contributed by atoms with van der Waals surface area (Å²) in [5.74, 6) is 1.73. The number of carbonyl (C=O) groups is 1. The monoisotopic (exact) mass is 274 g/mol. The highest BCUT2D eigenvalue weighted by atomic mass is 16.5. The summed E-state index contributed by atoms with van der Waals surface area (Å²) in [7, 11) is 0. The summed E-state index contributed by atoms with van der Waals surface area (Å²) in [6, 6.07) is 7.84. The van der Waals surface area contributed by atoms with Gasteiger partial charge in [0, 0.05) is 24.3 Å². The normalized spacial score (nSPS) is 17.8. The van der Waals surface area contributed by atoms with Gasteiger partial charge >= 0.3 is 0 Å². The number of rotatable bonds is 7. The van der Waals surface area contributed by atoms with Crippen molar-refractivity contribution >= 4 is 11.6 Å². The molecule has 0 radical (unpaired) electrons. The van der Waals surface area contributed by atoms with Crippen molar-refractivity contribution in [2.24, 2.45) is 5.92 Å². The molecule has 0 heterocycles. The number of nitrogen functional groups attached to an aromatic ring is 1. The van der Waals surface area contributed by atoms with Crippen LogP contribution in [0.5, 0.6) is 5.75 Å². The molecular formula is C16H22N2O2. The highest BCUT2D eigenvalue weighted by Gasteiger charge is 2.36. The maximum atomic E-state index is 12.3. The van der Waals surface area contributed by atoms with Gasteiger partial charge in [-0.05, 0) is 43.7 Å². The Bertz CT molecular complexity index is 481. The lowest BCUT2D eigenvalue weighted by Crippen LogP contribution is -2.35. The molecule has 1 amide bonds. The predicted molar refractivity (Wildman–Crippen MR) is 78.4 cm³/mol. The molecule has 108 valence electrons. The summed E-state index contributed by atoms with van der Waals surface area (Å²) in [5.41, 5.74) is 6.38. The average Bonchev–Trinajstić information content (AvgIpc) is 3.28. The number of ether oxygens (including phenoxy) is 1. The van der Waals surface area contributed by atoms with Gasteiger partial charge in [0.05, 0.1) is 13.0 Å². The zero-order valence-electron chi connectivity index (χ0n) is 11.8. The van der Waals surface area contributed by atoms with Crippen LogP contribution in [0.2, 0.25) is 0 Å². The van der Waals surface area contributed by atoms with Gasteiger partial charge < -0.3 is 15.4 Å². The average molecular weight is 274 g/mol. The summed E-state index contributed by atoms with van der Waals surface area (Å²) in [4.78, 5) is 14.4. The number of hydrogen-bond acceptors (Lipinski definition) is 3. The molecule has 1 aromatic rings. The Morgan fingerprint density at radius 2 is 2.10 bits per heavy atom. The van der Waals surface area contributed by atoms with Gasteiger partial charge in [0.25, 0.3) is 0 Å². The standard InChI is InChI=1S/C16H22N2O2/c17-13-2-1-3-15(10-13)20-9-8-16(19)18(14-6-7-14)11-12-4-5-12/h1-3,10,12,14H,4-9,11,17H2. The third-order valence-electron chi connectivity index (χ3n) is 3.90. The second kappa shape index (κ2) is 5.73. The van der Waals surface area contributed by atoms with Crippen molar-refractivity contribution in [2.75, 3.05) is 18.9 Å². The van der Waals surface area contributed by atoms with E-state index in [9.17, 15) is 4.79 Å². The van der Waals surface area contributed by atoms with Crippen molar-refractivity contribution in [1.82, 2.24) is 4.90 Å². The molecule has 0 atom stereocenters. The first kappa shape index (κ1) is 13.3. The Hall–Kier alpha value is -1.71. The molecule has 0 aliphatic heterocycles. The Morgan fingerprint density at radius 3 is 2.75 bits per heavy atom. The molecule has 0 spiro atoms. The fraction of sp³-hybridized carbons (Fsp3) is 0.562. The predicted octanol–water partition coefficient (Wildman–Crippen LogP) is 2.44. The van der Waals surface area contributed by atoms with Gasteiger partial charge in [0.1, 0.15) is 5.75 Å². The van der Waals surface area contributed by atoms with Crippen molar-refractivity contribution in [3.63, 3.8) is 0 Å². The Kier molecular flexibility index (Phi) is 3.81. The summed E-state index contributed by atoms with van der Waals surface area (Å²) >= 11 is 0. The molecule has 3 rings (SSSR count). The zero-order chi connectivity index (χ0) is 13.9. The molecule has 0 saturated heterocycles. The van der Waals surface area contributed by atoms with Gasteiger partial charge in [-0.2, -0.15) is 0 Å². The number of amides is 1. The van der Waals surface area contributed by atoms with Crippen LogP contribution < -0.4 is 10.5 Å². The molecule has 2 aliphatic carbocycles. The lowest BCUT2D eigenvalue weighted by Gasteiger charge is -2.22. The van der Waals surface area contributed by atoms with E-state index < -0.39 is 0 Å². The van der Waals surface area contributed by atoms with E-state index in [1.165, 1.54) is 25.7 Å². The third kappa shape index (κ3) is 3.65. The van der Waals surface area contributed by atoms with Crippen LogP contribution in [-0.2, 0) is 4.79 Å². The number of anilines is 1. The maximum absolute atomic E-state index is 12.3. The van der Waals surface area contributed by atoms with E-state index in [0.717, 1.165) is 18.2 Å². The lowest BCUT2D eigenvalue weighted by molar-refractivity contribution is -0.132. The number of benzene rings is 1. The number of nitrogens with zero attached hydrogens (tertiary/aromatic N) is 1. The van der Waals surface area contributed by atoms with Crippen LogP contribution in [0, 0.1) is 5.92 Å². The molecule has 2 fully saturated rings. The Labute approximate surface area is 119 Å². The largest absolute Gasteiger partial charge is 0.493 e. The molecule has 0 aromatic heterocycles. The van der Waals surface area contributed by atoms with Crippen molar-refractivity contribution in [2.45, 2.75) is 38.1 Å². The molecule has 0 bridgehead atoms. The lowest BCUT2D eigenvalue weighted by atomic mass is 10.3. The second-order valence-corrected chi connectivity index (χ2v) is 5.89. The molecule has 2 aliphatic rings. The number of nitrogens with two attached hydrogens (primary N) is 1. The summed E-state index contributed by atoms with van der Waals surface area (Å²) in [5, 5.41) is 0. The van der Waals surface area contributed by atoms with E-state index in [0.29, 0.717) is 24.8 Å². The SMILES string of the molecule is Nc1cccc(OCCC(=O)N(CC2CC2)C2CC2)c1. The first-order valence-corrected chi connectivity index (χ1v) is 7.50. The molecule has 2 saturated carbocycles. The smallest absolute Gasteiger partial charge is 0.226 e. The van der Waals surface area contributed by atoms with E-state index in [1.54, 1.807) is 6.07 Å². The molecule has 4 heteroatoms. The molecule has 1 aromatic carbocycles. The Morgan fingerprint density at radius 1 is 1.30 bits per heavy atom. The van der Waals surface area contributed by atoms with Crippen LogP contribution in [0.3, 0.4) is 0 Å².